The number of hydrogen-bond acceptors (Lipinski definition) is 1. The van der Waals surface area contributed by atoms with Crippen molar-refractivity contribution in [2.24, 2.45) is 0 Å². The van der Waals surface area contributed by atoms with E-state index < -0.39 is 8.07 Å². The van der Waals surface area contributed by atoms with E-state index in [1.54, 1.807) is 0 Å². The molecule has 1 aromatic rings. The number of rotatable bonds is 7. The summed E-state index contributed by atoms with van der Waals surface area (Å²) in [6.45, 7) is 11.2. The molecule has 1 aromatic carbocycles. The van der Waals surface area contributed by atoms with Gasteiger partial charge < -0.3 is 4.74 Å². The number of ether oxygens (including phenoxy) is 1. The van der Waals surface area contributed by atoms with E-state index in [2.05, 4.69) is 69.9 Å². The van der Waals surface area contributed by atoms with Crippen LogP contribution in [0, 0.1) is 6.92 Å². The van der Waals surface area contributed by atoms with Crippen molar-refractivity contribution in [1.29, 1.82) is 0 Å². The number of hydrogen-bond donors (Lipinski definition) is 0. The highest BCUT2D eigenvalue weighted by Crippen LogP contribution is 2.37. The Balaban J connectivity index is 2.54. The second kappa shape index (κ2) is 6.95. The van der Waals surface area contributed by atoms with Crippen molar-refractivity contribution in [3.8, 4) is 5.75 Å². The first-order chi connectivity index (χ1) is 10.2. The lowest BCUT2D eigenvalue weighted by atomic mass is 10.2. The summed E-state index contributed by atoms with van der Waals surface area (Å²) in [5.41, 5.74) is 1.82. The van der Waals surface area contributed by atoms with Crippen molar-refractivity contribution >= 4 is 13.3 Å². The fourth-order valence-electron chi connectivity index (χ4n) is 3.46. The van der Waals surface area contributed by atoms with Crippen LogP contribution in [0.3, 0.4) is 0 Å². The van der Waals surface area contributed by atoms with Gasteiger partial charge in [0.2, 0.25) is 0 Å². The maximum Gasteiger partial charge on any atom is 0.121 e. The Labute approximate surface area is 130 Å². The third-order valence-electron chi connectivity index (χ3n) is 4.74. The first-order valence-electron chi connectivity index (χ1n) is 7.88. The van der Waals surface area contributed by atoms with Crippen molar-refractivity contribution in [3.05, 3.63) is 60.7 Å². The Morgan fingerprint density at radius 1 is 1.19 bits per heavy atom. The highest BCUT2D eigenvalue weighted by Gasteiger charge is 2.40. The van der Waals surface area contributed by atoms with Gasteiger partial charge >= 0.3 is 0 Å². The van der Waals surface area contributed by atoms with Crippen LogP contribution < -0.4 is 9.92 Å². The zero-order valence-corrected chi connectivity index (χ0v) is 14.4. The summed E-state index contributed by atoms with van der Waals surface area (Å²) in [4.78, 5) is 0. The van der Waals surface area contributed by atoms with Gasteiger partial charge in [-0.1, -0.05) is 81.1 Å². The van der Waals surface area contributed by atoms with Crippen LogP contribution in [0.2, 0.25) is 17.6 Å². The van der Waals surface area contributed by atoms with Crippen LogP contribution in [0.15, 0.2) is 55.2 Å². The molecule has 112 valence electrons. The van der Waals surface area contributed by atoms with Gasteiger partial charge in [0.15, 0.2) is 0 Å². The molecule has 2 heteroatoms. The average molecular weight is 299 g/mol. The maximum atomic E-state index is 6.05. The molecule has 21 heavy (non-hydrogen) atoms. The smallest absolute Gasteiger partial charge is 0.121 e. The van der Waals surface area contributed by atoms with Gasteiger partial charge in [0, 0.05) is 0 Å². The number of allylic oxidation sites excluding steroid dienone is 4. The Kier molecular flexibility index (Phi) is 5.24. The molecule has 1 aliphatic carbocycles. The molecule has 0 aliphatic heterocycles. The summed E-state index contributed by atoms with van der Waals surface area (Å²) < 4.78 is 6.05. The second-order valence-electron chi connectivity index (χ2n) is 5.71. The topological polar surface area (TPSA) is 9.23 Å². The summed E-state index contributed by atoms with van der Waals surface area (Å²) in [5.74, 6) is 1.10. The molecule has 0 N–H and O–H groups in total. The van der Waals surface area contributed by atoms with Crippen molar-refractivity contribution in [3.63, 3.8) is 0 Å². The van der Waals surface area contributed by atoms with E-state index in [0.29, 0.717) is 12.1 Å². The molecular weight excluding hydrogens is 272 g/mol. The SMILES string of the molecule is C=CCOc1c(C)cccc1[Si](CC)(CC)C1C=CC=C1. The lowest BCUT2D eigenvalue weighted by Gasteiger charge is -2.36. The summed E-state index contributed by atoms with van der Waals surface area (Å²) in [7, 11) is -1.65. The molecule has 0 unspecified atom stereocenters. The number of aryl methyl sites for hydroxylation is 1. The minimum Gasteiger partial charge on any atom is -0.489 e. The van der Waals surface area contributed by atoms with Crippen LogP contribution in [0.4, 0.5) is 0 Å². The Morgan fingerprint density at radius 3 is 2.43 bits per heavy atom. The molecule has 0 bridgehead atoms. The Morgan fingerprint density at radius 2 is 1.86 bits per heavy atom. The van der Waals surface area contributed by atoms with E-state index in [1.807, 2.05) is 6.08 Å². The summed E-state index contributed by atoms with van der Waals surface area (Å²) in [6.07, 6.45) is 11.0. The minimum absolute atomic E-state index is 0.576. The van der Waals surface area contributed by atoms with E-state index in [-0.39, 0.29) is 0 Å². The third-order valence-corrected chi connectivity index (χ3v) is 10.4. The molecule has 0 spiro atoms. The number of para-hydroxylation sites is 1. The quantitative estimate of drug-likeness (QED) is 0.521. The fourth-order valence-corrected chi connectivity index (χ4v) is 8.13. The van der Waals surface area contributed by atoms with E-state index in [0.717, 1.165) is 5.75 Å². The molecule has 2 rings (SSSR count). The zero-order chi connectivity index (χ0) is 15.3. The predicted molar refractivity (Wildman–Crippen MR) is 95.3 cm³/mol. The van der Waals surface area contributed by atoms with Gasteiger partial charge in [-0.25, -0.2) is 0 Å². The van der Waals surface area contributed by atoms with E-state index in [1.165, 1.54) is 22.8 Å². The van der Waals surface area contributed by atoms with E-state index in [9.17, 15) is 0 Å². The van der Waals surface area contributed by atoms with Gasteiger partial charge in [-0.3, -0.25) is 0 Å². The van der Waals surface area contributed by atoms with Gasteiger partial charge in [-0.15, -0.1) is 0 Å². The lowest BCUT2D eigenvalue weighted by molar-refractivity contribution is 0.363. The first kappa shape index (κ1) is 15.8. The predicted octanol–water partition coefficient (Wildman–Crippen LogP) is 4.75. The molecule has 1 nitrogen and oxygen atoms in total. The fraction of sp³-hybridized carbons (Fsp3) is 0.368. The van der Waals surface area contributed by atoms with Crippen molar-refractivity contribution < 1.29 is 4.74 Å². The molecular formula is C19H26OSi. The first-order valence-corrected chi connectivity index (χ1v) is 10.4. The van der Waals surface area contributed by atoms with Gasteiger partial charge in [0.25, 0.3) is 0 Å². The highest BCUT2D eigenvalue weighted by atomic mass is 28.3. The second-order valence-corrected chi connectivity index (χ2v) is 10.6. The van der Waals surface area contributed by atoms with Gasteiger partial charge in [0.05, 0.1) is 0 Å². The van der Waals surface area contributed by atoms with Crippen LogP contribution in [-0.4, -0.2) is 14.7 Å². The molecule has 0 atom stereocenters. The Hall–Kier alpha value is -1.54. The molecule has 0 saturated heterocycles. The molecule has 1 aliphatic rings. The maximum absolute atomic E-state index is 6.05. The summed E-state index contributed by atoms with van der Waals surface area (Å²) in [5, 5.41) is 1.47. The lowest BCUT2D eigenvalue weighted by Crippen LogP contribution is -2.50. The van der Waals surface area contributed by atoms with Crippen LogP contribution >= 0.6 is 0 Å². The molecule has 0 radical (unpaired) electrons. The van der Waals surface area contributed by atoms with Crippen LogP contribution in [0.25, 0.3) is 0 Å². The molecule has 0 saturated carbocycles. The minimum atomic E-state index is -1.65. The number of benzene rings is 1. The van der Waals surface area contributed by atoms with E-state index in [4.69, 9.17) is 4.74 Å². The largest absolute Gasteiger partial charge is 0.489 e. The van der Waals surface area contributed by atoms with Crippen LogP contribution in [-0.2, 0) is 0 Å². The van der Waals surface area contributed by atoms with Crippen molar-refractivity contribution in [2.45, 2.75) is 38.4 Å². The van der Waals surface area contributed by atoms with Crippen molar-refractivity contribution in [1.82, 2.24) is 0 Å². The molecule has 0 amide bonds. The summed E-state index contributed by atoms with van der Waals surface area (Å²) >= 11 is 0. The van der Waals surface area contributed by atoms with E-state index >= 15 is 0 Å². The summed E-state index contributed by atoms with van der Waals surface area (Å²) in [6, 6.07) is 9.09. The zero-order valence-electron chi connectivity index (χ0n) is 13.4. The molecule has 0 heterocycles. The highest BCUT2D eigenvalue weighted by molar-refractivity contribution is 6.94. The monoisotopic (exact) mass is 298 g/mol. The normalized spacial score (nSPS) is 14.6. The van der Waals surface area contributed by atoms with Crippen molar-refractivity contribution in [2.75, 3.05) is 6.61 Å². The third kappa shape index (κ3) is 2.91. The standard InChI is InChI=1S/C19H26OSi/c1-5-15-20-19-16(4)11-10-14-18(19)21(6-2,7-3)17-12-8-9-13-17/h5,8-14,17H,1,6-7,15H2,2-4H3. The molecule has 0 aromatic heterocycles. The Bertz CT molecular complexity index is 541. The van der Waals surface area contributed by atoms with Crippen LogP contribution in [0.5, 0.6) is 5.75 Å². The average Bonchev–Trinajstić information content (AvgIpc) is 3.03. The van der Waals surface area contributed by atoms with Crippen LogP contribution in [0.1, 0.15) is 19.4 Å². The van der Waals surface area contributed by atoms with Gasteiger partial charge in [-0.05, 0) is 23.2 Å². The van der Waals surface area contributed by atoms with Gasteiger partial charge in [0.1, 0.15) is 20.4 Å². The molecule has 0 fully saturated rings. The van der Waals surface area contributed by atoms with Gasteiger partial charge in [-0.2, -0.15) is 0 Å².